The molecule has 6 heteroatoms. The highest BCUT2D eigenvalue weighted by Crippen LogP contribution is 2.30. The van der Waals surface area contributed by atoms with Gasteiger partial charge in [-0.25, -0.2) is 4.39 Å². The van der Waals surface area contributed by atoms with Crippen molar-refractivity contribution in [3.05, 3.63) is 55.4 Å². The molecule has 96 valence electrons. The molecule has 0 radical (unpaired) electrons. The van der Waals surface area contributed by atoms with Crippen molar-refractivity contribution in [1.29, 1.82) is 0 Å². The van der Waals surface area contributed by atoms with Crippen molar-refractivity contribution in [2.45, 2.75) is 12.5 Å². The van der Waals surface area contributed by atoms with Crippen LogP contribution in [-0.2, 0) is 6.42 Å². The topological polar surface area (TPSA) is 38.0 Å². The zero-order valence-electron chi connectivity index (χ0n) is 9.29. The maximum atomic E-state index is 13.8. The highest BCUT2D eigenvalue weighted by Gasteiger charge is 2.16. The first-order valence-electron chi connectivity index (χ1n) is 5.26. The molecule has 18 heavy (non-hydrogen) atoms. The standard InChI is InChI=1S/C12H11BrClFN2S/c13-11-5-4-10(18-11)9(17-16)6-7-2-1-3-8(14)12(7)15/h1-5,9,17H,6,16H2. The first kappa shape index (κ1) is 14.0. The van der Waals surface area contributed by atoms with Crippen LogP contribution in [0, 0.1) is 5.82 Å². The lowest BCUT2D eigenvalue weighted by Gasteiger charge is -2.15. The van der Waals surface area contributed by atoms with Gasteiger partial charge in [0.25, 0.3) is 0 Å². The number of rotatable bonds is 4. The van der Waals surface area contributed by atoms with E-state index in [0.29, 0.717) is 12.0 Å². The third-order valence-electron chi connectivity index (χ3n) is 2.59. The summed E-state index contributed by atoms with van der Waals surface area (Å²) in [6.45, 7) is 0. The van der Waals surface area contributed by atoms with Gasteiger partial charge in [-0.2, -0.15) is 0 Å². The van der Waals surface area contributed by atoms with Crippen molar-refractivity contribution in [2.75, 3.05) is 0 Å². The minimum absolute atomic E-state index is 0.130. The second-order valence-electron chi connectivity index (χ2n) is 3.78. The van der Waals surface area contributed by atoms with Crippen molar-refractivity contribution in [3.8, 4) is 0 Å². The summed E-state index contributed by atoms with van der Waals surface area (Å²) in [5.41, 5.74) is 3.26. The first-order valence-corrected chi connectivity index (χ1v) is 7.25. The van der Waals surface area contributed by atoms with Crippen LogP contribution in [0.5, 0.6) is 0 Å². The third kappa shape index (κ3) is 3.10. The van der Waals surface area contributed by atoms with E-state index in [1.807, 2.05) is 12.1 Å². The number of nitrogens with two attached hydrogens (primary N) is 1. The number of halogens is 3. The number of thiophene rings is 1. The molecule has 2 aromatic rings. The zero-order valence-corrected chi connectivity index (χ0v) is 12.4. The molecule has 0 fully saturated rings. The lowest BCUT2D eigenvalue weighted by Crippen LogP contribution is -2.29. The molecule has 0 saturated heterocycles. The summed E-state index contributed by atoms with van der Waals surface area (Å²) in [5, 5.41) is 0.135. The van der Waals surface area contributed by atoms with Crippen LogP contribution in [0.1, 0.15) is 16.5 Å². The highest BCUT2D eigenvalue weighted by molar-refractivity contribution is 9.11. The Labute approximate surface area is 122 Å². The molecule has 0 aliphatic heterocycles. The van der Waals surface area contributed by atoms with Crippen molar-refractivity contribution >= 4 is 38.9 Å². The van der Waals surface area contributed by atoms with Gasteiger partial charge < -0.3 is 0 Å². The van der Waals surface area contributed by atoms with E-state index in [-0.39, 0.29) is 16.9 Å². The predicted octanol–water partition coefficient (Wildman–Crippen LogP) is 4.05. The summed E-state index contributed by atoms with van der Waals surface area (Å²) in [6, 6.07) is 8.76. The maximum Gasteiger partial charge on any atom is 0.145 e. The number of benzene rings is 1. The van der Waals surface area contributed by atoms with Crippen molar-refractivity contribution < 1.29 is 4.39 Å². The molecule has 0 aliphatic carbocycles. The molecular formula is C12H11BrClFN2S. The second kappa shape index (κ2) is 6.12. The van der Waals surface area contributed by atoms with Gasteiger partial charge in [-0.1, -0.05) is 23.7 Å². The molecule has 2 rings (SSSR count). The monoisotopic (exact) mass is 348 g/mol. The van der Waals surface area contributed by atoms with E-state index in [9.17, 15) is 4.39 Å². The van der Waals surface area contributed by atoms with Crippen molar-refractivity contribution in [2.24, 2.45) is 5.84 Å². The fourth-order valence-electron chi connectivity index (χ4n) is 1.68. The van der Waals surface area contributed by atoms with Gasteiger partial charge in [-0.3, -0.25) is 11.3 Å². The van der Waals surface area contributed by atoms with Gasteiger partial charge in [0, 0.05) is 4.88 Å². The van der Waals surface area contributed by atoms with Gasteiger partial charge in [0.2, 0.25) is 0 Å². The van der Waals surface area contributed by atoms with E-state index in [4.69, 9.17) is 17.4 Å². The van der Waals surface area contributed by atoms with Crippen LogP contribution in [0.2, 0.25) is 5.02 Å². The summed E-state index contributed by atoms with van der Waals surface area (Å²) in [7, 11) is 0. The van der Waals surface area contributed by atoms with Crippen LogP contribution < -0.4 is 11.3 Å². The van der Waals surface area contributed by atoms with Crippen molar-refractivity contribution in [3.63, 3.8) is 0 Å². The Morgan fingerprint density at radius 2 is 2.17 bits per heavy atom. The minimum atomic E-state index is -0.380. The average molecular weight is 350 g/mol. The Morgan fingerprint density at radius 3 is 2.78 bits per heavy atom. The quantitative estimate of drug-likeness (QED) is 0.645. The summed E-state index contributed by atoms with van der Waals surface area (Å²) in [6.07, 6.45) is 0.454. The second-order valence-corrected chi connectivity index (χ2v) is 6.68. The molecule has 0 spiro atoms. The summed E-state index contributed by atoms with van der Waals surface area (Å²) in [4.78, 5) is 1.05. The third-order valence-corrected chi connectivity index (χ3v) is 4.62. The van der Waals surface area contributed by atoms with E-state index < -0.39 is 0 Å². The van der Waals surface area contributed by atoms with E-state index in [0.717, 1.165) is 8.66 Å². The predicted molar refractivity (Wildman–Crippen MR) is 77.2 cm³/mol. The van der Waals surface area contributed by atoms with E-state index in [1.165, 1.54) is 6.07 Å². The molecular weight excluding hydrogens is 339 g/mol. The van der Waals surface area contributed by atoms with Gasteiger partial charge in [0.15, 0.2) is 0 Å². The molecule has 1 aromatic heterocycles. The van der Waals surface area contributed by atoms with E-state index in [2.05, 4.69) is 21.4 Å². The minimum Gasteiger partial charge on any atom is -0.271 e. The van der Waals surface area contributed by atoms with Gasteiger partial charge in [-0.05, 0) is 46.1 Å². The lowest BCUT2D eigenvalue weighted by atomic mass is 10.0. The normalized spacial score (nSPS) is 12.7. The molecule has 1 unspecified atom stereocenters. The molecule has 2 nitrogen and oxygen atoms in total. The maximum absolute atomic E-state index is 13.8. The Kier molecular flexibility index (Phi) is 4.75. The van der Waals surface area contributed by atoms with Crippen molar-refractivity contribution in [1.82, 2.24) is 5.43 Å². The number of nitrogens with one attached hydrogen (secondary N) is 1. The van der Waals surface area contributed by atoms with Gasteiger partial charge >= 0.3 is 0 Å². The Morgan fingerprint density at radius 1 is 1.39 bits per heavy atom. The highest BCUT2D eigenvalue weighted by atomic mass is 79.9. The molecule has 3 N–H and O–H groups in total. The molecule has 1 atom stereocenters. The van der Waals surface area contributed by atoms with Crippen LogP contribution in [0.15, 0.2) is 34.1 Å². The molecule has 1 aromatic carbocycles. The van der Waals surface area contributed by atoms with Gasteiger partial charge in [-0.15, -0.1) is 11.3 Å². The van der Waals surface area contributed by atoms with Crippen LogP contribution in [0.3, 0.4) is 0 Å². The largest absolute Gasteiger partial charge is 0.271 e. The Bertz CT molecular complexity index is 547. The van der Waals surface area contributed by atoms with E-state index in [1.54, 1.807) is 23.5 Å². The fraction of sp³-hybridized carbons (Fsp3) is 0.167. The van der Waals surface area contributed by atoms with Gasteiger partial charge in [0.1, 0.15) is 5.82 Å². The zero-order chi connectivity index (χ0) is 13.1. The SMILES string of the molecule is NNC(Cc1cccc(Cl)c1F)c1ccc(Br)s1. The summed E-state index contributed by atoms with van der Waals surface area (Å²) >= 11 is 10.7. The molecule has 0 aliphatic rings. The van der Waals surface area contributed by atoms with Crippen LogP contribution in [0.4, 0.5) is 4.39 Å². The molecule has 0 saturated carbocycles. The average Bonchev–Trinajstić information content (AvgIpc) is 2.78. The fourth-order valence-corrected chi connectivity index (χ4v) is 3.36. The number of hydrogen-bond acceptors (Lipinski definition) is 3. The summed E-state index contributed by atoms with van der Waals surface area (Å²) in [5.74, 6) is 5.16. The Balaban J connectivity index is 2.23. The van der Waals surface area contributed by atoms with Crippen LogP contribution in [0.25, 0.3) is 0 Å². The van der Waals surface area contributed by atoms with Crippen LogP contribution in [-0.4, -0.2) is 0 Å². The molecule has 0 amide bonds. The Hall–Kier alpha value is -0.460. The van der Waals surface area contributed by atoms with Gasteiger partial charge in [0.05, 0.1) is 14.9 Å². The van der Waals surface area contributed by atoms with Crippen LogP contribution >= 0.6 is 38.9 Å². The first-order chi connectivity index (χ1) is 8.61. The number of hydrogen-bond donors (Lipinski definition) is 2. The smallest absolute Gasteiger partial charge is 0.145 e. The summed E-state index contributed by atoms with van der Waals surface area (Å²) < 4.78 is 14.8. The molecule has 1 heterocycles. The molecule has 0 bridgehead atoms. The van der Waals surface area contributed by atoms with E-state index >= 15 is 0 Å². The number of hydrazine groups is 1. The lowest BCUT2D eigenvalue weighted by molar-refractivity contribution is 0.535.